The Labute approximate surface area is 77.6 Å². The van der Waals surface area contributed by atoms with E-state index in [1.165, 1.54) is 20.0 Å². The summed E-state index contributed by atoms with van der Waals surface area (Å²) >= 11 is 0. The molecular formula is C9H12BF2N. The average molecular weight is 183 g/mol. The van der Waals surface area contributed by atoms with Crippen LogP contribution in [0.4, 0.5) is 8.78 Å². The molecule has 1 nitrogen and oxygen atoms in total. The van der Waals surface area contributed by atoms with Crippen LogP contribution in [-0.4, -0.2) is 14.9 Å². The summed E-state index contributed by atoms with van der Waals surface area (Å²) in [6.45, 7) is 1.85. The van der Waals surface area contributed by atoms with Gasteiger partial charge in [0.15, 0.2) is 0 Å². The standard InChI is InChI=1S/C9H12BF2N/c1-5(13-2)6-3-7(11)9(10)8(12)4-6/h3-5,13H,10H2,1-2H3. The van der Waals surface area contributed by atoms with Crippen molar-refractivity contribution in [2.45, 2.75) is 13.0 Å². The molecule has 0 heterocycles. The normalized spacial score (nSPS) is 12.9. The average Bonchev–Trinajstić information content (AvgIpc) is 2.12. The molecule has 70 valence electrons. The maximum atomic E-state index is 13.1. The first-order chi connectivity index (χ1) is 6.06. The van der Waals surface area contributed by atoms with E-state index in [1.54, 1.807) is 7.05 Å². The molecule has 0 aliphatic heterocycles. The van der Waals surface area contributed by atoms with Gasteiger partial charge in [-0.25, -0.2) is 8.78 Å². The van der Waals surface area contributed by atoms with Gasteiger partial charge in [-0.2, -0.15) is 0 Å². The van der Waals surface area contributed by atoms with Gasteiger partial charge in [0.05, 0.1) is 0 Å². The molecule has 1 rings (SSSR count). The lowest BCUT2D eigenvalue weighted by molar-refractivity contribution is 0.579. The third-order valence-electron chi connectivity index (χ3n) is 2.24. The molecule has 0 aromatic heterocycles. The molecule has 13 heavy (non-hydrogen) atoms. The van der Waals surface area contributed by atoms with Crippen LogP contribution in [0.15, 0.2) is 12.1 Å². The van der Waals surface area contributed by atoms with Crippen molar-refractivity contribution in [1.29, 1.82) is 0 Å². The van der Waals surface area contributed by atoms with Crippen LogP contribution in [-0.2, 0) is 0 Å². The van der Waals surface area contributed by atoms with Gasteiger partial charge in [-0.05, 0) is 37.1 Å². The topological polar surface area (TPSA) is 12.0 Å². The van der Waals surface area contributed by atoms with Crippen molar-refractivity contribution in [2.24, 2.45) is 0 Å². The van der Waals surface area contributed by atoms with Crippen LogP contribution >= 0.6 is 0 Å². The molecule has 0 amide bonds. The summed E-state index contributed by atoms with van der Waals surface area (Å²) in [4.78, 5) is 0. The fourth-order valence-corrected chi connectivity index (χ4v) is 1.08. The maximum absolute atomic E-state index is 13.1. The first-order valence-electron chi connectivity index (χ1n) is 4.19. The Morgan fingerprint density at radius 3 is 2.15 bits per heavy atom. The number of rotatable bonds is 2. The van der Waals surface area contributed by atoms with Crippen molar-refractivity contribution in [3.8, 4) is 0 Å². The van der Waals surface area contributed by atoms with E-state index < -0.39 is 11.6 Å². The molecule has 4 heteroatoms. The van der Waals surface area contributed by atoms with Crippen LogP contribution in [0.3, 0.4) is 0 Å². The molecule has 1 aromatic rings. The number of hydrogen-bond donors (Lipinski definition) is 1. The van der Waals surface area contributed by atoms with E-state index in [1.807, 2.05) is 6.92 Å². The Hall–Kier alpha value is -0.895. The number of nitrogens with one attached hydrogen (secondary N) is 1. The monoisotopic (exact) mass is 183 g/mol. The Balaban J connectivity index is 3.13. The van der Waals surface area contributed by atoms with Gasteiger partial charge in [0.25, 0.3) is 0 Å². The third kappa shape index (κ3) is 2.07. The zero-order chi connectivity index (χ0) is 10.0. The first kappa shape index (κ1) is 10.2. The molecule has 1 aromatic carbocycles. The summed E-state index contributed by atoms with van der Waals surface area (Å²) in [6, 6.07) is 2.68. The molecular weight excluding hydrogens is 171 g/mol. The first-order valence-corrected chi connectivity index (χ1v) is 4.19. The van der Waals surface area contributed by atoms with E-state index >= 15 is 0 Å². The predicted molar refractivity (Wildman–Crippen MR) is 52.0 cm³/mol. The lowest BCUT2D eigenvalue weighted by Crippen LogP contribution is -2.18. The quantitative estimate of drug-likeness (QED) is 0.658. The van der Waals surface area contributed by atoms with Gasteiger partial charge < -0.3 is 5.32 Å². The van der Waals surface area contributed by atoms with Gasteiger partial charge in [0.2, 0.25) is 0 Å². The Morgan fingerprint density at radius 2 is 1.77 bits per heavy atom. The van der Waals surface area contributed by atoms with Gasteiger partial charge in [0, 0.05) is 6.04 Å². The Kier molecular flexibility index (Phi) is 3.04. The summed E-state index contributed by atoms with van der Waals surface area (Å²) in [5.74, 6) is -0.978. The second kappa shape index (κ2) is 3.88. The summed E-state index contributed by atoms with van der Waals surface area (Å²) in [7, 11) is 3.18. The second-order valence-electron chi connectivity index (χ2n) is 3.12. The highest BCUT2D eigenvalue weighted by molar-refractivity contribution is 6.32. The van der Waals surface area contributed by atoms with E-state index in [4.69, 9.17) is 0 Å². The Bertz CT molecular complexity index is 291. The predicted octanol–water partition coefficient (Wildman–Crippen LogP) is 0.504. The zero-order valence-electron chi connectivity index (χ0n) is 7.99. The highest BCUT2D eigenvalue weighted by Crippen LogP contribution is 2.13. The van der Waals surface area contributed by atoms with Crippen LogP contribution in [0.25, 0.3) is 0 Å². The fraction of sp³-hybridized carbons (Fsp3) is 0.333. The SMILES string of the molecule is Bc1c(F)cc(C(C)NC)cc1F. The fourth-order valence-electron chi connectivity index (χ4n) is 1.08. The van der Waals surface area contributed by atoms with Crippen LogP contribution < -0.4 is 10.8 Å². The largest absolute Gasteiger partial charge is 0.313 e. The minimum Gasteiger partial charge on any atom is -0.313 e. The third-order valence-corrected chi connectivity index (χ3v) is 2.24. The molecule has 0 aliphatic carbocycles. The number of halogens is 2. The van der Waals surface area contributed by atoms with Gasteiger partial charge >= 0.3 is 0 Å². The smallest absolute Gasteiger partial charge is 0.147 e. The molecule has 1 N–H and O–H groups in total. The molecule has 1 unspecified atom stereocenters. The highest BCUT2D eigenvalue weighted by Gasteiger charge is 2.09. The van der Waals surface area contributed by atoms with Crippen molar-refractivity contribution < 1.29 is 8.78 Å². The lowest BCUT2D eigenvalue weighted by Gasteiger charge is -2.11. The van der Waals surface area contributed by atoms with Crippen LogP contribution in [0.1, 0.15) is 18.5 Å². The zero-order valence-corrected chi connectivity index (χ0v) is 7.99. The lowest BCUT2D eigenvalue weighted by atomic mass is 9.92. The molecule has 0 aliphatic rings. The Morgan fingerprint density at radius 1 is 1.31 bits per heavy atom. The van der Waals surface area contributed by atoms with Crippen molar-refractivity contribution >= 4 is 13.3 Å². The minimum absolute atomic E-state index is 0.0374. The number of benzene rings is 1. The molecule has 1 atom stereocenters. The molecule has 0 radical (unpaired) electrons. The highest BCUT2D eigenvalue weighted by atomic mass is 19.1. The van der Waals surface area contributed by atoms with Crippen molar-refractivity contribution in [1.82, 2.24) is 5.32 Å². The molecule has 0 spiro atoms. The van der Waals surface area contributed by atoms with E-state index in [2.05, 4.69) is 5.32 Å². The van der Waals surface area contributed by atoms with E-state index in [0.29, 0.717) is 5.56 Å². The molecule has 0 bridgehead atoms. The van der Waals surface area contributed by atoms with Crippen LogP contribution in [0.5, 0.6) is 0 Å². The van der Waals surface area contributed by atoms with Gasteiger partial charge in [-0.1, -0.05) is 0 Å². The van der Waals surface area contributed by atoms with Crippen LogP contribution in [0.2, 0.25) is 0 Å². The minimum atomic E-state index is -0.489. The summed E-state index contributed by atoms with van der Waals surface area (Å²) < 4.78 is 26.1. The number of hydrogen-bond acceptors (Lipinski definition) is 1. The van der Waals surface area contributed by atoms with Crippen molar-refractivity contribution in [2.75, 3.05) is 7.05 Å². The van der Waals surface area contributed by atoms with Gasteiger partial charge in [-0.15, -0.1) is 0 Å². The summed E-state index contributed by atoms with van der Waals surface area (Å²) in [6.07, 6.45) is 0. The molecule has 0 fully saturated rings. The molecule has 0 saturated carbocycles. The summed E-state index contributed by atoms with van der Waals surface area (Å²) in [5, 5.41) is 2.92. The maximum Gasteiger partial charge on any atom is 0.147 e. The van der Waals surface area contributed by atoms with Crippen molar-refractivity contribution in [3.05, 3.63) is 29.3 Å². The van der Waals surface area contributed by atoms with E-state index in [9.17, 15) is 8.78 Å². The van der Waals surface area contributed by atoms with E-state index in [-0.39, 0.29) is 11.5 Å². The van der Waals surface area contributed by atoms with Gasteiger partial charge in [-0.3, -0.25) is 0 Å². The van der Waals surface area contributed by atoms with Gasteiger partial charge in [0.1, 0.15) is 19.5 Å². The van der Waals surface area contributed by atoms with E-state index in [0.717, 1.165) is 0 Å². The summed E-state index contributed by atoms with van der Waals surface area (Å²) in [5.41, 5.74) is 0.704. The van der Waals surface area contributed by atoms with Crippen molar-refractivity contribution in [3.63, 3.8) is 0 Å². The second-order valence-corrected chi connectivity index (χ2v) is 3.12. The molecule has 0 saturated heterocycles. The van der Waals surface area contributed by atoms with Crippen LogP contribution in [0, 0.1) is 11.6 Å².